The molecular formula is C31H38O2. The fourth-order valence-electron chi connectivity index (χ4n) is 3.81. The molecule has 0 saturated carbocycles. The number of hydrogen-bond acceptors (Lipinski definition) is 2. The van der Waals surface area contributed by atoms with Crippen LogP contribution in [-0.4, -0.2) is 11.4 Å². The summed E-state index contributed by atoms with van der Waals surface area (Å²) >= 11 is 0. The highest BCUT2D eigenvalue weighted by molar-refractivity contribution is 6.09. The van der Waals surface area contributed by atoms with E-state index < -0.39 is 0 Å². The lowest BCUT2D eigenvalue weighted by Gasteiger charge is -2.28. The van der Waals surface area contributed by atoms with Gasteiger partial charge in [-0.25, -0.2) is 0 Å². The summed E-state index contributed by atoms with van der Waals surface area (Å²) in [5.74, 6) is 0.984. The average Bonchev–Trinajstić information content (AvgIpc) is 2.85. The van der Waals surface area contributed by atoms with E-state index in [2.05, 4.69) is 90.1 Å². The first kappa shape index (κ1) is 24.8. The highest BCUT2D eigenvalue weighted by Gasteiger charge is 2.21. The number of ether oxygens (including phenoxy) is 1. The summed E-state index contributed by atoms with van der Waals surface area (Å²) in [5.41, 5.74) is 5.15. The summed E-state index contributed by atoms with van der Waals surface area (Å²) in [5, 5.41) is 0. The highest BCUT2D eigenvalue weighted by atomic mass is 16.5. The standard InChI is InChI=1S/C31H38O2/c1-7-30(4,5)27-18-16-26(17-19-27)29(32)25-14-10-23(11-15-25)22-24-12-20-28(21-13-24)33-31(6,8-2)9-3/h10-21H,7-9,22H2,1-6H3. The maximum absolute atomic E-state index is 12.9. The van der Waals surface area contributed by atoms with Crippen LogP contribution in [0.5, 0.6) is 5.75 Å². The molecule has 0 fully saturated rings. The van der Waals surface area contributed by atoms with E-state index >= 15 is 0 Å². The molecule has 33 heavy (non-hydrogen) atoms. The van der Waals surface area contributed by atoms with Crippen LogP contribution in [0.25, 0.3) is 0 Å². The monoisotopic (exact) mass is 442 g/mol. The van der Waals surface area contributed by atoms with Gasteiger partial charge in [0, 0.05) is 11.1 Å². The summed E-state index contributed by atoms with van der Waals surface area (Å²) in [6.45, 7) is 13.1. The maximum Gasteiger partial charge on any atom is 0.193 e. The number of carbonyl (C=O) groups excluding carboxylic acids is 1. The Morgan fingerprint density at radius 3 is 1.58 bits per heavy atom. The van der Waals surface area contributed by atoms with Crippen molar-refractivity contribution in [2.24, 2.45) is 0 Å². The van der Waals surface area contributed by atoms with Crippen LogP contribution in [0.15, 0.2) is 72.8 Å². The zero-order chi connectivity index (χ0) is 24.1. The number of hydrogen-bond donors (Lipinski definition) is 0. The Bertz CT molecular complexity index is 1040. The number of rotatable bonds is 10. The molecule has 0 aliphatic heterocycles. The number of ketones is 1. The van der Waals surface area contributed by atoms with Gasteiger partial charge in [-0.1, -0.05) is 95.3 Å². The van der Waals surface area contributed by atoms with Crippen molar-refractivity contribution in [3.8, 4) is 5.75 Å². The van der Waals surface area contributed by atoms with Crippen molar-refractivity contribution in [3.63, 3.8) is 0 Å². The van der Waals surface area contributed by atoms with E-state index in [1.54, 1.807) is 0 Å². The van der Waals surface area contributed by atoms with E-state index in [4.69, 9.17) is 4.74 Å². The highest BCUT2D eigenvalue weighted by Crippen LogP contribution is 2.27. The SMILES string of the molecule is CCC(C)(CC)Oc1ccc(Cc2ccc(C(=O)c3ccc(C(C)(C)CC)cc3)cc2)cc1. The van der Waals surface area contributed by atoms with E-state index in [0.29, 0.717) is 0 Å². The second-order valence-electron chi connectivity index (χ2n) is 9.92. The molecule has 0 radical (unpaired) electrons. The third kappa shape index (κ3) is 6.13. The molecule has 3 aromatic carbocycles. The molecule has 0 spiro atoms. The zero-order valence-corrected chi connectivity index (χ0v) is 21.1. The van der Waals surface area contributed by atoms with Crippen LogP contribution in [0.2, 0.25) is 0 Å². The molecule has 0 N–H and O–H groups in total. The molecular weight excluding hydrogens is 404 g/mol. The quantitative estimate of drug-likeness (QED) is 0.296. The Kier molecular flexibility index (Phi) is 7.79. The normalized spacial score (nSPS) is 11.9. The fourth-order valence-corrected chi connectivity index (χ4v) is 3.81. The molecule has 0 aromatic heterocycles. The van der Waals surface area contributed by atoms with Crippen LogP contribution in [-0.2, 0) is 11.8 Å². The van der Waals surface area contributed by atoms with E-state index in [1.165, 1.54) is 16.7 Å². The lowest BCUT2D eigenvalue weighted by atomic mass is 9.82. The minimum absolute atomic E-state index is 0.0683. The lowest BCUT2D eigenvalue weighted by molar-refractivity contribution is 0.0803. The molecule has 0 aliphatic rings. The van der Waals surface area contributed by atoms with Crippen molar-refractivity contribution in [2.75, 3.05) is 0 Å². The van der Waals surface area contributed by atoms with Crippen LogP contribution >= 0.6 is 0 Å². The van der Waals surface area contributed by atoms with Gasteiger partial charge in [-0.05, 0) is 66.8 Å². The van der Waals surface area contributed by atoms with Crippen LogP contribution in [0.3, 0.4) is 0 Å². The number of benzene rings is 3. The van der Waals surface area contributed by atoms with Crippen molar-refractivity contribution in [2.45, 2.75) is 78.2 Å². The van der Waals surface area contributed by atoms with Crippen molar-refractivity contribution < 1.29 is 9.53 Å². The summed E-state index contributed by atoms with van der Waals surface area (Å²) in [6, 6.07) is 24.4. The summed E-state index contributed by atoms with van der Waals surface area (Å²) in [6.07, 6.45) is 3.86. The summed E-state index contributed by atoms with van der Waals surface area (Å²) in [7, 11) is 0. The number of carbonyl (C=O) groups is 1. The zero-order valence-electron chi connectivity index (χ0n) is 21.1. The second kappa shape index (κ2) is 10.4. The lowest BCUT2D eigenvalue weighted by Crippen LogP contribution is -2.30. The molecule has 0 unspecified atom stereocenters. The van der Waals surface area contributed by atoms with E-state index in [9.17, 15) is 4.79 Å². The largest absolute Gasteiger partial charge is 0.488 e. The van der Waals surface area contributed by atoms with Crippen LogP contribution in [0.4, 0.5) is 0 Å². The second-order valence-corrected chi connectivity index (χ2v) is 9.92. The Balaban J connectivity index is 1.65. The Labute approximate surface area is 200 Å². The predicted octanol–water partition coefficient (Wildman–Crippen LogP) is 8.15. The topological polar surface area (TPSA) is 26.3 Å². The molecule has 3 rings (SSSR count). The van der Waals surface area contributed by atoms with E-state index in [1.807, 2.05) is 24.3 Å². The van der Waals surface area contributed by atoms with Crippen LogP contribution in [0, 0.1) is 0 Å². The molecule has 3 aromatic rings. The first-order valence-corrected chi connectivity index (χ1v) is 12.2. The Morgan fingerprint density at radius 2 is 1.12 bits per heavy atom. The Hall–Kier alpha value is -2.87. The van der Waals surface area contributed by atoms with Gasteiger partial charge in [0.2, 0.25) is 0 Å². The molecule has 0 bridgehead atoms. The minimum atomic E-state index is -0.115. The van der Waals surface area contributed by atoms with Crippen molar-refractivity contribution in [1.29, 1.82) is 0 Å². The van der Waals surface area contributed by atoms with Gasteiger partial charge in [0.1, 0.15) is 11.4 Å². The van der Waals surface area contributed by atoms with Crippen LogP contribution in [0.1, 0.15) is 93.4 Å². The van der Waals surface area contributed by atoms with Crippen LogP contribution < -0.4 is 4.74 Å². The van der Waals surface area contributed by atoms with Crippen molar-refractivity contribution in [3.05, 3.63) is 101 Å². The summed E-state index contributed by atoms with van der Waals surface area (Å²) < 4.78 is 6.18. The molecule has 0 atom stereocenters. The van der Waals surface area contributed by atoms with Crippen molar-refractivity contribution >= 4 is 5.78 Å². The predicted molar refractivity (Wildman–Crippen MR) is 138 cm³/mol. The smallest absolute Gasteiger partial charge is 0.193 e. The molecule has 0 saturated heterocycles. The van der Waals surface area contributed by atoms with Gasteiger partial charge in [-0.2, -0.15) is 0 Å². The van der Waals surface area contributed by atoms with E-state index in [-0.39, 0.29) is 16.8 Å². The minimum Gasteiger partial charge on any atom is -0.488 e. The molecule has 0 amide bonds. The maximum atomic E-state index is 12.9. The van der Waals surface area contributed by atoms with Gasteiger partial charge in [-0.15, -0.1) is 0 Å². The van der Waals surface area contributed by atoms with Gasteiger partial charge in [0.15, 0.2) is 5.78 Å². The third-order valence-corrected chi connectivity index (χ3v) is 7.22. The van der Waals surface area contributed by atoms with Gasteiger partial charge in [0.25, 0.3) is 0 Å². The average molecular weight is 443 g/mol. The van der Waals surface area contributed by atoms with Gasteiger partial charge >= 0.3 is 0 Å². The van der Waals surface area contributed by atoms with E-state index in [0.717, 1.165) is 42.6 Å². The first-order chi connectivity index (χ1) is 15.7. The third-order valence-electron chi connectivity index (χ3n) is 7.22. The summed E-state index contributed by atoms with van der Waals surface area (Å²) in [4.78, 5) is 12.9. The van der Waals surface area contributed by atoms with Gasteiger partial charge < -0.3 is 4.74 Å². The molecule has 2 nitrogen and oxygen atoms in total. The molecule has 0 heterocycles. The fraction of sp³-hybridized carbons (Fsp3) is 0.387. The first-order valence-electron chi connectivity index (χ1n) is 12.2. The molecule has 0 aliphatic carbocycles. The molecule has 174 valence electrons. The van der Waals surface area contributed by atoms with Gasteiger partial charge in [-0.3, -0.25) is 4.79 Å². The van der Waals surface area contributed by atoms with Gasteiger partial charge in [0.05, 0.1) is 0 Å². The Morgan fingerprint density at radius 1 is 0.667 bits per heavy atom. The molecule has 2 heteroatoms. The van der Waals surface area contributed by atoms with Crippen molar-refractivity contribution in [1.82, 2.24) is 0 Å².